The van der Waals surface area contributed by atoms with Crippen molar-refractivity contribution in [2.45, 2.75) is 26.4 Å². The van der Waals surface area contributed by atoms with Crippen molar-refractivity contribution in [3.05, 3.63) is 46.5 Å². The number of carbonyl (C=O) groups is 1. The van der Waals surface area contributed by atoms with E-state index in [2.05, 4.69) is 4.98 Å². The molecule has 2 rings (SSSR count). The van der Waals surface area contributed by atoms with E-state index in [1.165, 1.54) is 15.5 Å². The average molecular weight is 289 g/mol. The van der Waals surface area contributed by atoms with Gasteiger partial charge in [0.15, 0.2) is 0 Å². The van der Waals surface area contributed by atoms with E-state index < -0.39 is 17.1 Å². The highest BCUT2D eigenvalue weighted by Gasteiger charge is 2.24. The predicted octanol–water partition coefficient (Wildman–Crippen LogP) is 0.927. The Balaban J connectivity index is 2.43. The molecule has 2 heterocycles. The van der Waals surface area contributed by atoms with E-state index in [0.29, 0.717) is 12.2 Å². The number of pyridine rings is 1. The van der Waals surface area contributed by atoms with Gasteiger partial charge in [-0.2, -0.15) is 0 Å². The summed E-state index contributed by atoms with van der Waals surface area (Å²) in [5.41, 5.74) is -0.930. The Bertz CT molecular complexity index is 716. The zero-order valence-electron chi connectivity index (χ0n) is 12.4. The number of nitrogens with zero attached hydrogens (tertiary/aromatic N) is 3. The van der Waals surface area contributed by atoms with Gasteiger partial charge in [0.2, 0.25) is 0 Å². The first kappa shape index (κ1) is 15.2. The first-order valence-corrected chi connectivity index (χ1v) is 6.81. The number of carbonyl (C=O) groups excluding carboxylic acids is 1. The molecule has 0 fully saturated rings. The van der Waals surface area contributed by atoms with Gasteiger partial charge in [0.25, 0.3) is 11.5 Å². The lowest BCUT2D eigenvalue weighted by Crippen LogP contribution is -2.44. The minimum absolute atomic E-state index is 0.00444. The van der Waals surface area contributed by atoms with Crippen molar-refractivity contribution in [3.8, 4) is 0 Å². The summed E-state index contributed by atoms with van der Waals surface area (Å²) in [7, 11) is 0. The molecule has 0 aliphatic carbocycles. The smallest absolute Gasteiger partial charge is 0.270 e. The second-order valence-electron chi connectivity index (χ2n) is 5.54. The number of hydrogen-bond acceptors (Lipinski definition) is 4. The number of likely N-dealkylation sites (N-methyl/N-ethyl adjacent to an activating group) is 1. The number of aromatic nitrogens is 2. The minimum atomic E-state index is -1.02. The van der Waals surface area contributed by atoms with E-state index in [4.69, 9.17) is 0 Å². The van der Waals surface area contributed by atoms with Gasteiger partial charge in [0, 0.05) is 25.5 Å². The predicted molar refractivity (Wildman–Crippen MR) is 79.3 cm³/mol. The Labute approximate surface area is 122 Å². The molecule has 0 aromatic carbocycles. The van der Waals surface area contributed by atoms with Gasteiger partial charge >= 0.3 is 0 Å². The third-order valence-corrected chi connectivity index (χ3v) is 3.09. The van der Waals surface area contributed by atoms with E-state index in [0.717, 1.165) is 0 Å². The molecule has 0 spiro atoms. The highest BCUT2D eigenvalue weighted by Crippen LogP contribution is 2.08. The van der Waals surface area contributed by atoms with Crippen LogP contribution in [0, 0.1) is 0 Å². The molecule has 0 aliphatic rings. The van der Waals surface area contributed by atoms with Gasteiger partial charge < -0.3 is 10.0 Å². The molecule has 0 atom stereocenters. The van der Waals surface area contributed by atoms with E-state index in [9.17, 15) is 14.7 Å². The first-order chi connectivity index (χ1) is 9.83. The summed E-state index contributed by atoms with van der Waals surface area (Å²) in [6, 6.07) is 5.18. The fourth-order valence-corrected chi connectivity index (χ4v) is 2.14. The highest BCUT2D eigenvalue weighted by molar-refractivity contribution is 5.93. The molecule has 0 aliphatic heterocycles. The van der Waals surface area contributed by atoms with Gasteiger partial charge in [-0.3, -0.25) is 14.0 Å². The molecule has 1 N–H and O–H groups in total. The number of fused-ring (bicyclic) bond motifs is 1. The fourth-order valence-electron chi connectivity index (χ4n) is 2.14. The Morgan fingerprint density at radius 3 is 2.76 bits per heavy atom. The molecule has 1 amide bonds. The number of aliphatic hydroxyl groups is 1. The van der Waals surface area contributed by atoms with Gasteiger partial charge in [-0.1, -0.05) is 6.07 Å². The monoisotopic (exact) mass is 289 g/mol. The van der Waals surface area contributed by atoms with E-state index in [1.807, 2.05) is 0 Å². The molecule has 112 valence electrons. The van der Waals surface area contributed by atoms with Crippen LogP contribution in [0.25, 0.3) is 5.65 Å². The molecule has 21 heavy (non-hydrogen) atoms. The van der Waals surface area contributed by atoms with Crippen LogP contribution in [-0.2, 0) is 0 Å². The van der Waals surface area contributed by atoms with Crippen molar-refractivity contribution < 1.29 is 9.90 Å². The van der Waals surface area contributed by atoms with Crippen LogP contribution in [0.5, 0.6) is 0 Å². The Kier molecular flexibility index (Phi) is 4.09. The zero-order chi connectivity index (χ0) is 15.6. The van der Waals surface area contributed by atoms with E-state index in [-0.39, 0.29) is 12.1 Å². The SMILES string of the molecule is CCN(CC(C)(C)O)C(=O)c1cnc2ccccn2c1=O. The van der Waals surface area contributed by atoms with Crippen molar-refractivity contribution in [2.24, 2.45) is 0 Å². The van der Waals surface area contributed by atoms with Crippen LogP contribution >= 0.6 is 0 Å². The summed E-state index contributed by atoms with van der Waals surface area (Å²) in [5.74, 6) is -0.421. The van der Waals surface area contributed by atoms with Crippen molar-refractivity contribution in [1.82, 2.24) is 14.3 Å². The Morgan fingerprint density at radius 2 is 2.14 bits per heavy atom. The number of hydrogen-bond donors (Lipinski definition) is 1. The summed E-state index contributed by atoms with van der Waals surface area (Å²) in [5, 5.41) is 9.86. The van der Waals surface area contributed by atoms with Gasteiger partial charge in [-0.15, -0.1) is 0 Å². The average Bonchev–Trinajstić information content (AvgIpc) is 2.44. The molecule has 0 saturated carbocycles. The lowest BCUT2D eigenvalue weighted by atomic mass is 10.1. The van der Waals surface area contributed by atoms with Crippen molar-refractivity contribution in [2.75, 3.05) is 13.1 Å². The first-order valence-electron chi connectivity index (χ1n) is 6.81. The van der Waals surface area contributed by atoms with Gasteiger partial charge in [-0.25, -0.2) is 4.98 Å². The third-order valence-electron chi connectivity index (χ3n) is 3.09. The molecule has 6 nitrogen and oxygen atoms in total. The van der Waals surface area contributed by atoms with Gasteiger partial charge in [0.05, 0.1) is 5.60 Å². The maximum Gasteiger partial charge on any atom is 0.270 e. The molecule has 2 aromatic heterocycles. The van der Waals surface area contributed by atoms with Crippen LogP contribution in [0.1, 0.15) is 31.1 Å². The Morgan fingerprint density at radius 1 is 1.43 bits per heavy atom. The standard InChI is InChI=1S/C15H19N3O3/c1-4-17(10-15(2,3)21)13(19)11-9-16-12-7-5-6-8-18(12)14(11)20/h5-9,21H,4,10H2,1-3H3. The zero-order valence-corrected chi connectivity index (χ0v) is 12.4. The lowest BCUT2D eigenvalue weighted by Gasteiger charge is -2.27. The molecular weight excluding hydrogens is 270 g/mol. The van der Waals surface area contributed by atoms with Gasteiger partial charge in [-0.05, 0) is 32.9 Å². The molecule has 0 radical (unpaired) electrons. The minimum Gasteiger partial charge on any atom is -0.389 e. The fraction of sp³-hybridized carbons (Fsp3) is 0.400. The normalized spacial score (nSPS) is 11.6. The maximum absolute atomic E-state index is 12.5. The quantitative estimate of drug-likeness (QED) is 0.908. The molecule has 0 bridgehead atoms. The van der Waals surface area contributed by atoms with Gasteiger partial charge in [0.1, 0.15) is 11.2 Å². The topological polar surface area (TPSA) is 74.9 Å². The molecule has 6 heteroatoms. The molecular formula is C15H19N3O3. The Hall–Kier alpha value is -2.21. The number of amides is 1. The van der Waals surface area contributed by atoms with Crippen molar-refractivity contribution >= 4 is 11.6 Å². The van der Waals surface area contributed by atoms with Crippen LogP contribution < -0.4 is 5.56 Å². The second-order valence-corrected chi connectivity index (χ2v) is 5.54. The maximum atomic E-state index is 12.5. The third kappa shape index (κ3) is 3.28. The second kappa shape index (κ2) is 5.65. The highest BCUT2D eigenvalue weighted by atomic mass is 16.3. The van der Waals surface area contributed by atoms with Crippen LogP contribution in [0.4, 0.5) is 0 Å². The van der Waals surface area contributed by atoms with Crippen molar-refractivity contribution in [3.63, 3.8) is 0 Å². The molecule has 2 aromatic rings. The van der Waals surface area contributed by atoms with Crippen LogP contribution in [0.15, 0.2) is 35.4 Å². The van der Waals surface area contributed by atoms with Crippen LogP contribution in [0.3, 0.4) is 0 Å². The van der Waals surface area contributed by atoms with Crippen LogP contribution in [0.2, 0.25) is 0 Å². The van der Waals surface area contributed by atoms with E-state index in [1.54, 1.807) is 45.2 Å². The largest absolute Gasteiger partial charge is 0.389 e. The summed E-state index contributed by atoms with van der Waals surface area (Å²) in [6.45, 7) is 5.59. The number of rotatable bonds is 4. The summed E-state index contributed by atoms with van der Waals surface area (Å²) in [4.78, 5) is 30.4. The summed E-state index contributed by atoms with van der Waals surface area (Å²) < 4.78 is 1.34. The summed E-state index contributed by atoms with van der Waals surface area (Å²) in [6.07, 6.45) is 2.88. The summed E-state index contributed by atoms with van der Waals surface area (Å²) >= 11 is 0. The molecule has 0 saturated heterocycles. The van der Waals surface area contributed by atoms with Crippen molar-refractivity contribution in [1.29, 1.82) is 0 Å². The molecule has 0 unspecified atom stereocenters. The van der Waals surface area contributed by atoms with E-state index >= 15 is 0 Å². The lowest BCUT2D eigenvalue weighted by molar-refractivity contribution is 0.0313. The van der Waals surface area contributed by atoms with Crippen LogP contribution in [-0.4, -0.2) is 44.0 Å².